The van der Waals surface area contributed by atoms with Crippen molar-refractivity contribution < 1.29 is 22.4 Å². The number of rotatable bonds is 4. The van der Waals surface area contributed by atoms with E-state index in [1.54, 1.807) is 0 Å². The van der Waals surface area contributed by atoms with Crippen molar-refractivity contribution in [3.05, 3.63) is 35.1 Å². The summed E-state index contributed by atoms with van der Waals surface area (Å²) in [5.74, 6) is -2.21. The second-order valence-electron chi connectivity index (χ2n) is 5.88. The van der Waals surface area contributed by atoms with Crippen molar-refractivity contribution in [3.8, 4) is 0 Å². The molecule has 1 atom stereocenters. The highest BCUT2D eigenvalue weighted by Crippen LogP contribution is 2.32. The Morgan fingerprint density at radius 2 is 1.88 bits per heavy atom. The van der Waals surface area contributed by atoms with Crippen molar-refractivity contribution in [1.82, 2.24) is 5.32 Å². The van der Waals surface area contributed by atoms with E-state index in [0.717, 1.165) is 44.2 Å². The fourth-order valence-electron chi connectivity index (χ4n) is 3.08. The molecule has 0 radical (unpaired) electrons. The Hall–Kier alpha value is -1.34. The highest BCUT2D eigenvalue weighted by Gasteiger charge is 2.36. The zero-order valence-corrected chi connectivity index (χ0v) is 13.9. The maximum atomic E-state index is 14.0. The molecule has 1 saturated carbocycles. The summed E-state index contributed by atoms with van der Waals surface area (Å²) in [4.78, 5) is 12.2. The van der Waals surface area contributed by atoms with Crippen LogP contribution in [0.15, 0.2) is 18.2 Å². The molecule has 0 saturated heterocycles. The predicted octanol–water partition coefficient (Wildman–Crippen LogP) is 3.90. The number of benzene rings is 1. The van der Waals surface area contributed by atoms with Gasteiger partial charge in [-0.1, -0.05) is 25.3 Å². The summed E-state index contributed by atoms with van der Waals surface area (Å²) in [6.45, 7) is 0.178. The van der Waals surface area contributed by atoms with E-state index >= 15 is 0 Å². The van der Waals surface area contributed by atoms with Crippen LogP contribution in [-0.2, 0) is 6.18 Å². The summed E-state index contributed by atoms with van der Waals surface area (Å²) < 4.78 is 52.2. The van der Waals surface area contributed by atoms with E-state index in [9.17, 15) is 22.4 Å². The molecule has 1 aromatic rings. The van der Waals surface area contributed by atoms with Crippen LogP contribution >= 0.6 is 12.4 Å². The van der Waals surface area contributed by atoms with Gasteiger partial charge in [-0.25, -0.2) is 4.39 Å². The van der Waals surface area contributed by atoms with E-state index in [1.165, 1.54) is 0 Å². The largest absolute Gasteiger partial charge is 0.419 e. The standard InChI is InChI=1S/C16H20F4N2O.ClH/c17-14-11(7-4-8-12(14)16(18,19)20)15(23)22-13(9-21)10-5-2-1-3-6-10;/h4,7-8,10,13H,1-3,5-6,9,21H2,(H,22,23);1H. The minimum atomic E-state index is -4.84. The third-order valence-electron chi connectivity index (χ3n) is 4.34. The van der Waals surface area contributed by atoms with Crippen LogP contribution in [0.3, 0.4) is 0 Å². The van der Waals surface area contributed by atoms with Crippen molar-refractivity contribution in [2.24, 2.45) is 11.7 Å². The van der Waals surface area contributed by atoms with Crippen LogP contribution in [0.5, 0.6) is 0 Å². The number of amides is 1. The van der Waals surface area contributed by atoms with Crippen LogP contribution in [0.1, 0.15) is 48.0 Å². The van der Waals surface area contributed by atoms with Gasteiger partial charge in [0, 0.05) is 12.6 Å². The summed E-state index contributed by atoms with van der Waals surface area (Å²) in [6.07, 6.45) is 0.186. The Balaban J connectivity index is 0.00000288. The molecule has 1 unspecified atom stereocenters. The summed E-state index contributed by atoms with van der Waals surface area (Å²) in [5.41, 5.74) is 3.64. The van der Waals surface area contributed by atoms with E-state index in [-0.39, 0.29) is 30.9 Å². The third-order valence-corrected chi connectivity index (χ3v) is 4.34. The quantitative estimate of drug-likeness (QED) is 0.792. The average Bonchev–Trinajstić information content (AvgIpc) is 2.52. The van der Waals surface area contributed by atoms with Gasteiger partial charge in [-0.15, -0.1) is 12.4 Å². The lowest BCUT2D eigenvalue weighted by Gasteiger charge is -2.30. The normalized spacial score (nSPS) is 17.0. The second-order valence-corrected chi connectivity index (χ2v) is 5.88. The van der Waals surface area contributed by atoms with Gasteiger partial charge in [0.2, 0.25) is 0 Å². The SMILES string of the molecule is Cl.NCC(NC(=O)c1cccc(C(F)(F)F)c1F)C1CCCCC1. The lowest BCUT2D eigenvalue weighted by Crippen LogP contribution is -2.46. The first-order chi connectivity index (χ1) is 10.8. The molecule has 0 bridgehead atoms. The maximum Gasteiger partial charge on any atom is 0.419 e. The number of hydrogen-bond acceptors (Lipinski definition) is 2. The van der Waals surface area contributed by atoms with Gasteiger partial charge < -0.3 is 11.1 Å². The molecule has 0 aliphatic heterocycles. The van der Waals surface area contributed by atoms with Crippen LogP contribution < -0.4 is 11.1 Å². The Labute approximate surface area is 144 Å². The Morgan fingerprint density at radius 3 is 2.42 bits per heavy atom. The first-order valence-corrected chi connectivity index (χ1v) is 7.71. The van der Waals surface area contributed by atoms with Crippen LogP contribution in [0, 0.1) is 11.7 Å². The van der Waals surface area contributed by atoms with Crippen molar-refractivity contribution in [1.29, 1.82) is 0 Å². The molecule has 1 aliphatic carbocycles. The molecule has 1 aliphatic rings. The van der Waals surface area contributed by atoms with Crippen LogP contribution in [0.2, 0.25) is 0 Å². The number of halogens is 5. The lowest BCUT2D eigenvalue weighted by atomic mass is 9.84. The first kappa shape index (κ1) is 20.7. The summed E-state index contributed by atoms with van der Waals surface area (Å²) >= 11 is 0. The number of nitrogens with two attached hydrogens (primary N) is 1. The van der Waals surface area contributed by atoms with Crippen molar-refractivity contribution in [2.45, 2.75) is 44.3 Å². The van der Waals surface area contributed by atoms with Gasteiger partial charge in [0.05, 0.1) is 11.1 Å². The van der Waals surface area contributed by atoms with Crippen molar-refractivity contribution >= 4 is 18.3 Å². The fourth-order valence-corrected chi connectivity index (χ4v) is 3.08. The van der Waals surface area contributed by atoms with E-state index < -0.39 is 29.0 Å². The van der Waals surface area contributed by atoms with Crippen LogP contribution in [-0.4, -0.2) is 18.5 Å². The molecule has 1 aromatic carbocycles. The Kier molecular flexibility index (Phi) is 7.48. The Morgan fingerprint density at radius 1 is 1.25 bits per heavy atom. The number of nitrogens with one attached hydrogen (secondary N) is 1. The molecule has 8 heteroatoms. The van der Waals surface area contributed by atoms with Crippen molar-refractivity contribution in [3.63, 3.8) is 0 Å². The van der Waals surface area contributed by atoms with E-state index in [1.807, 2.05) is 0 Å². The average molecular weight is 369 g/mol. The third kappa shape index (κ3) is 4.83. The molecule has 136 valence electrons. The number of carbonyl (C=O) groups excluding carboxylic acids is 1. The minimum Gasteiger partial charge on any atom is -0.348 e. The predicted molar refractivity (Wildman–Crippen MR) is 85.5 cm³/mol. The molecule has 1 fully saturated rings. The topological polar surface area (TPSA) is 55.1 Å². The summed E-state index contributed by atoms with van der Waals surface area (Å²) in [6, 6.07) is 2.35. The summed E-state index contributed by atoms with van der Waals surface area (Å²) in [5, 5.41) is 2.60. The van der Waals surface area contributed by atoms with Crippen LogP contribution in [0.25, 0.3) is 0 Å². The molecule has 24 heavy (non-hydrogen) atoms. The zero-order valence-electron chi connectivity index (χ0n) is 13.0. The number of alkyl halides is 3. The first-order valence-electron chi connectivity index (χ1n) is 7.71. The second kappa shape index (κ2) is 8.67. The van der Waals surface area contributed by atoms with Gasteiger partial charge in [-0.05, 0) is 30.9 Å². The van der Waals surface area contributed by atoms with Gasteiger partial charge >= 0.3 is 6.18 Å². The molecule has 1 amide bonds. The van der Waals surface area contributed by atoms with E-state index in [0.29, 0.717) is 6.07 Å². The Bertz CT molecular complexity index is 559. The molecule has 3 nitrogen and oxygen atoms in total. The lowest BCUT2D eigenvalue weighted by molar-refractivity contribution is -0.140. The van der Waals surface area contributed by atoms with E-state index in [2.05, 4.69) is 5.32 Å². The zero-order chi connectivity index (χ0) is 17.0. The molecule has 0 spiro atoms. The fraction of sp³-hybridized carbons (Fsp3) is 0.562. The molecule has 0 heterocycles. The van der Waals surface area contributed by atoms with Gasteiger partial charge in [0.15, 0.2) is 0 Å². The number of carbonyl (C=O) groups is 1. The highest BCUT2D eigenvalue weighted by molar-refractivity contribution is 5.95. The van der Waals surface area contributed by atoms with Gasteiger partial charge in [-0.2, -0.15) is 13.2 Å². The molecule has 3 N–H and O–H groups in total. The van der Waals surface area contributed by atoms with Crippen LogP contribution in [0.4, 0.5) is 17.6 Å². The maximum absolute atomic E-state index is 14.0. The van der Waals surface area contributed by atoms with E-state index in [4.69, 9.17) is 5.73 Å². The summed E-state index contributed by atoms with van der Waals surface area (Å²) in [7, 11) is 0. The number of hydrogen-bond donors (Lipinski definition) is 2. The van der Waals surface area contributed by atoms with Crippen molar-refractivity contribution in [2.75, 3.05) is 6.54 Å². The van der Waals surface area contributed by atoms with Gasteiger partial charge in [-0.3, -0.25) is 4.79 Å². The molecule has 2 rings (SSSR count). The van der Waals surface area contributed by atoms with Gasteiger partial charge in [0.1, 0.15) is 5.82 Å². The molecular formula is C16H21ClF4N2O. The molecule has 0 aromatic heterocycles. The minimum absolute atomic E-state index is 0. The van der Waals surface area contributed by atoms with Gasteiger partial charge in [0.25, 0.3) is 5.91 Å². The monoisotopic (exact) mass is 368 g/mol. The highest BCUT2D eigenvalue weighted by atomic mass is 35.5. The molecular weight excluding hydrogens is 348 g/mol. The smallest absolute Gasteiger partial charge is 0.348 e.